The summed E-state index contributed by atoms with van der Waals surface area (Å²) in [6.07, 6.45) is 4.06. The van der Waals surface area contributed by atoms with E-state index in [1.54, 1.807) is 12.2 Å². The first-order chi connectivity index (χ1) is 9.47. The van der Waals surface area contributed by atoms with E-state index in [2.05, 4.69) is 0 Å². The van der Waals surface area contributed by atoms with E-state index in [0.29, 0.717) is 5.57 Å². The molecule has 20 heavy (non-hydrogen) atoms. The number of benzene rings is 1. The summed E-state index contributed by atoms with van der Waals surface area (Å²) >= 11 is 16.7. The number of rotatable bonds is 3. The van der Waals surface area contributed by atoms with Crippen molar-refractivity contribution < 1.29 is 14.3 Å². The number of alkyl halides is 3. The van der Waals surface area contributed by atoms with Crippen LogP contribution in [0.25, 0.3) is 5.57 Å². The molecule has 1 aliphatic rings. The summed E-state index contributed by atoms with van der Waals surface area (Å²) in [6.45, 7) is -0.331. The van der Waals surface area contributed by atoms with Gasteiger partial charge in [-0.05, 0) is 11.6 Å². The maximum Gasteiger partial charge on any atom is 0.352 e. The van der Waals surface area contributed by atoms with Gasteiger partial charge >= 0.3 is 5.97 Å². The van der Waals surface area contributed by atoms with Crippen LogP contribution in [0.2, 0.25) is 0 Å². The smallest absolute Gasteiger partial charge is 0.352 e. The Kier molecular flexibility index (Phi) is 4.97. The molecule has 2 rings (SSSR count). The van der Waals surface area contributed by atoms with Crippen LogP contribution in [-0.2, 0) is 14.3 Å². The van der Waals surface area contributed by atoms with Gasteiger partial charge in [0.2, 0.25) is 9.90 Å². The lowest BCUT2D eigenvalue weighted by atomic mass is 9.99. The standard InChI is InChI=1S/C14H11Cl3O3/c15-14(16,17)9-20-13(18)12-11(7-4-8-19-12)10-5-2-1-3-6-10/h1-8,12H,9H2/t12-/m0/s1. The summed E-state index contributed by atoms with van der Waals surface area (Å²) in [7, 11) is 0. The Morgan fingerprint density at radius 1 is 1.25 bits per heavy atom. The maximum atomic E-state index is 12.0. The van der Waals surface area contributed by atoms with Gasteiger partial charge in [0.05, 0.1) is 6.26 Å². The van der Waals surface area contributed by atoms with Crippen LogP contribution >= 0.6 is 34.8 Å². The van der Waals surface area contributed by atoms with Crippen molar-refractivity contribution in [3.63, 3.8) is 0 Å². The zero-order valence-electron chi connectivity index (χ0n) is 10.3. The number of carbonyl (C=O) groups excluding carboxylic acids is 1. The third-order valence-corrected chi connectivity index (χ3v) is 2.88. The topological polar surface area (TPSA) is 35.5 Å². The van der Waals surface area contributed by atoms with Crippen LogP contribution in [-0.4, -0.2) is 22.5 Å². The quantitative estimate of drug-likeness (QED) is 0.622. The minimum absolute atomic E-state index is 0.331. The van der Waals surface area contributed by atoms with Gasteiger partial charge in [-0.1, -0.05) is 71.2 Å². The minimum atomic E-state index is -1.64. The average molecular weight is 334 g/mol. The Balaban J connectivity index is 2.13. The van der Waals surface area contributed by atoms with Gasteiger partial charge in [0, 0.05) is 5.57 Å². The summed E-state index contributed by atoms with van der Waals surface area (Å²) < 4.78 is 8.64. The van der Waals surface area contributed by atoms with Gasteiger partial charge in [0.25, 0.3) is 0 Å². The van der Waals surface area contributed by atoms with Gasteiger partial charge in [0.15, 0.2) is 0 Å². The Hall–Kier alpha value is -1.16. The zero-order valence-corrected chi connectivity index (χ0v) is 12.5. The predicted molar refractivity (Wildman–Crippen MR) is 79.7 cm³/mol. The Bertz CT molecular complexity index is 532. The average Bonchev–Trinajstić information content (AvgIpc) is 2.45. The lowest BCUT2D eigenvalue weighted by molar-refractivity contribution is -0.150. The van der Waals surface area contributed by atoms with E-state index < -0.39 is 15.9 Å². The van der Waals surface area contributed by atoms with E-state index in [1.807, 2.05) is 30.3 Å². The van der Waals surface area contributed by atoms with Crippen molar-refractivity contribution in [2.75, 3.05) is 6.61 Å². The van der Waals surface area contributed by atoms with Crippen molar-refractivity contribution in [1.82, 2.24) is 0 Å². The fourth-order valence-corrected chi connectivity index (χ4v) is 1.88. The first-order valence-electron chi connectivity index (χ1n) is 5.78. The molecule has 0 bridgehead atoms. The monoisotopic (exact) mass is 332 g/mol. The molecule has 0 aromatic heterocycles. The van der Waals surface area contributed by atoms with E-state index in [0.717, 1.165) is 5.56 Å². The molecular weight excluding hydrogens is 323 g/mol. The van der Waals surface area contributed by atoms with Crippen LogP contribution in [0.4, 0.5) is 0 Å². The number of hydrogen-bond donors (Lipinski definition) is 0. The number of carbonyl (C=O) groups is 1. The van der Waals surface area contributed by atoms with Crippen LogP contribution < -0.4 is 0 Å². The van der Waals surface area contributed by atoms with Crippen molar-refractivity contribution in [3.05, 3.63) is 54.3 Å². The van der Waals surface area contributed by atoms with Crippen molar-refractivity contribution >= 4 is 46.3 Å². The predicted octanol–water partition coefficient (Wildman–Crippen LogP) is 3.90. The van der Waals surface area contributed by atoms with E-state index in [4.69, 9.17) is 44.3 Å². The van der Waals surface area contributed by atoms with Crippen LogP contribution in [0.15, 0.2) is 48.7 Å². The molecular formula is C14H11Cl3O3. The summed E-state index contributed by atoms with van der Waals surface area (Å²) in [5.41, 5.74) is 1.56. The molecule has 1 heterocycles. The second-order valence-corrected chi connectivity index (χ2v) is 6.57. The molecule has 1 aliphatic heterocycles. The fourth-order valence-electron chi connectivity index (χ4n) is 1.72. The Labute approximate surface area is 131 Å². The van der Waals surface area contributed by atoms with Gasteiger partial charge in [0.1, 0.15) is 6.61 Å². The Morgan fingerprint density at radius 3 is 2.60 bits per heavy atom. The first kappa shape index (κ1) is 15.2. The molecule has 0 fully saturated rings. The van der Waals surface area contributed by atoms with E-state index in [-0.39, 0.29) is 6.61 Å². The Morgan fingerprint density at radius 2 is 1.95 bits per heavy atom. The molecule has 0 saturated heterocycles. The first-order valence-corrected chi connectivity index (χ1v) is 6.92. The third kappa shape index (κ3) is 4.17. The largest absolute Gasteiger partial charge is 0.482 e. The molecule has 0 unspecified atom stereocenters. The molecule has 0 radical (unpaired) electrons. The number of allylic oxidation sites excluding steroid dienone is 2. The lowest BCUT2D eigenvalue weighted by Crippen LogP contribution is -2.30. The summed E-state index contributed by atoms with van der Waals surface area (Å²) in [4.78, 5) is 12.0. The number of ether oxygens (including phenoxy) is 2. The van der Waals surface area contributed by atoms with E-state index in [1.165, 1.54) is 6.26 Å². The number of esters is 1. The lowest BCUT2D eigenvalue weighted by Gasteiger charge is -2.22. The third-order valence-electron chi connectivity index (χ3n) is 2.55. The van der Waals surface area contributed by atoms with Crippen molar-refractivity contribution in [3.8, 4) is 0 Å². The molecule has 0 aliphatic carbocycles. The number of hydrogen-bond acceptors (Lipinski definition) is 3. The molecule has 6 heteroatoms. The second-order valence-electron chi connectivity index (χ2n) is 4.06. The van der Waals surface area contributed by atoms with Crippen LogP contribution in [0.5, 0.6) is 0 Å². The molecule has 0 saturated carbocycles. The molecule has 1 aromatic carbocycles. The molecule has 1 atom stereocenters. The van der Waals surface area contributed by atoms with Gasteiger partial charge < -0.3 is 9.47 Å². The highest BCUT2D eigenvalue weighted by Crippen LogP contribution is 2.28. The van der Waals surface area contributed by atoms with Gasteiger partial charge in [-0.3, -0.25) is 0 Å². The molecule has 106 valence electrons. The van der Waals surface area contributed by atoms with Crippen molar-refractivity contribution in [2.24, 2.45) is 0 Å². The highest BCUT2D eigenvalue weighted by atomic mass is 35.6. The van der Waals surface area contributed by atoms with Gasteiger partial charge in [-0.2, -0.15) is 0 Å². The van der Waals surface area contributed by atoms with E-state index in [9.17, 15) is 4.79 Å². The highest BCUT2D eigenvalue weighted by Gasteiger charge is 2.30. The zero-order chi connectivity index (χ0) is 14.6. The van der Waals surface area contributed by atoms with E-state index >= 15 is 0 Å². The maximum absolute atomic E-state index is 12.0. The summed E-state index contributed by atoms with van der Waals surface area (Å²) in [6, 6.07) is 9.39. The number of halogens is 3. The van der Waals surface area contributed by atoms with Crippen LogP contribution in [0, 0.1) is 0 Å². The molecule has 0 amide bonds. The fraction of sp³-hybridized carbons (Fsp3) is 0.214. The molecule has 1 aromatic rings. The van der Waals surface area contributed by atoms with Gasteiger partial charge in [-0.25, -0.2) is 4.79 Å². The molecule has 3 nitrogen and oxygen atoms in total. The normalized spacial score (nSPS) is 18.1. The van der Waals surface area contributed by atoms with Crippen LogP contribution in [0.1, 0.15) is 5.56 Å². The molecule has 0 spiro atoms. The summed E-state index contributed by atoms with van der Waals surface area (Å²) in [5.74, 6) is -0.601. The van der Waals surface area contributed by atoms with Crippen molar-refractivity contribution in [1.29, 1.82) is 0 Å². The highest BCUT2D eigenvalue weighted by molar-refractivity contribution is 6.67. The minimum Gasteiger partial charge on any atom is -0.482 e. The SMILES string of the molecule is O=C(OCC(Cl)(Cl)Cl)[C@H]1OC=CC=C1c1ccccc1. The van der Waals surface area contributed by atoms with Crippen LogP contribution in [0.3, 0.4) is 0 Å². The summed E-state index contributed by atoms with van der Waals surface area (Å²) in [5, 5.41) is 0. The molecule has 0 N–H and O–H groups in total. The second kappa shape index (κ2) is 6.53. The van der Waals surface area contributed by atoms with Gasteiger partial charge in [-0.15, -0.1) is 0 Å². The van der Waals surface area contributed by atoms with Crippen molar-refractivity contribution in [2.45, 2.75) is 9.90 Å².